The molecule has 2 unspecified atom stereocenters. The maximum Gasteiger partial charge on any atom is 0.230 e. The number of phenols is 1. The topological polar surface area (TPSA) is 180 Å². The Balaban J connectivity index is 1.71. The van der Waals surface area contributed by atoms with Crippen LogP contribution in [0.25, 0.3) is 11.3 Å². The van der Waals surface area contributed by atoms with Gasteiger partial charge in [-0.05, 0) is 48.9 Å². The van der Waals surface area contributed by atoms with Crippen molar-refractivity contribution in [1.29, 1.82) is 0 Å². The summed E-state index contributed by atoms with van der Waals surface area (Å²) in [5.74, 6) is -7.40. The number of methoxy groups -OCH3 is 1. The van der Waals surface area contributed by atoms with Gasteiger partial charge in [0.25, 0.3) is 0 Å². The first-order chi connectivity index (χ1) is 17.1. The summed E-state index contributed by atoms with van der Waals surface area (Å²) in [5, 5.41) is 44.0. The van der Waals surface area contributed by atoms with Crippen LogP contribution in [0.3, 0.4) is 0 Å². The van der Waals surface area contributed by atoms with Crippen LogP contribution >= 0.6 is 0 Å². The summed E-state index contributed by atoms with van der Waals surface area (Å²) in [7, 11) is 1.45. The number of hydrogen-bond donors (Lipinski definition) is 5. The molecule has 1 amide bonds. The van der Waals surface area contributed by atoms with Gasteiger partial charge in [0.15, 0.2) is 17.2 Å². The zero-order chi connectivity index (χ0) is 25.9. The molecule has 10 heteroatoms. The van der Waals surface area contributed by atoms with Gasteiger partial charge >= 0.3 is 0 Å². The normalized spacial score (nSPS) is 29.4. The zero-order valence-electron chi connectivity index (χ0n) is 19.5. The van der Waals surface area contributed by atoms with Gasteiger partial charge in [0.2, 0.25) is 5.91 Å². The number of rotatable bonds is 4. The molecule has 6 N–H and O–H groups in total. The lowest BCUT2D eigenvalue weighted by atomic mass is 9.57. The molecule has 1 aromatic carbocycles. The van der Waals surface area contributed by atoms with Crippen molar-refractivity contribution < 1.29 is 39.5 Å². The summed E-state index contributed by atoms with van der Waals surface area (Å²) in [6.45, 7) is 0.00334. The number of aromatic hydroxyl groups is 1. The average Bonchev–Trinajstić information content (AvgIpc) is 2.83. The molecule has 2 aromatic rings. The minimum absolute atomic E-state index is 0.00334. The highest BCUT2D eigenvalue weighted by Gasteiger charge is 2.62. The summed E-state index contributed by atoms with van der Waals surface area (Å²) in [5.41, 5.74) is 4.57. The number of ketones is 2. The summed E-state index contributed by atoms with van der Waals surface area (Å²) < 4.78 is 5.19. The van der Waals surface area contributed by atoms with E-state index in [-0.39, 0.29) is 42.8 Å². The van der Waals surface area contributed by atoms with E-state index >= 15 is 0 Å². The number of fused-ring (bicyclic) bond motifs is 3. The number of amides is 1. The van der Waals surface area contributed by atoms with Gasteiger partial charge in [-0.25, -0.2) is 0 Å². The van der Waals surface area contributed by atoms with Gasteiger partial charge < -0.3 is 30.9 Å². The fraction of sp³-hybridized carbons (Fsp3) is 0.385. The molecule has 10 nitrogen and oxygen atoms in total. The number of hydrogen-bond acceptors (Lipinski definition) is 9. The van der Waals surface area contributed by atoms with Crippen LogP contribution < -0.4 is 5.73 Å². The molecule has 0 radical (unpaired) electrons. The highest BCUT2D eigenvalue weighted by Crippen LogP contribution is 2.52. The number of aromatic nitrogens is 1. The number of phenolic OH excluding ortho intramolecular Hbond substituents is 1. The number of aliphatic hydroxyl groups is 3. The number of nitrogens with zero attached hydrogens (tertiary/aromatic N) is 1. The third-order valence-electron chi connectivity index (χ3n) is 7.71. The minimum Gasteiger partial charge on any atom is -0.508 e. The second kappa shape index (κ2) is 8.51. The fourth-order valence-corrected chi connectivity index (χ4v) is 6.07. The van der Waals surface area contributed by atoms with Gasteiger partial charge in [-0.15, -0.1) is 0 Å². The van der Waals surface area contributed by atoms with Gasteiger partial charge in [-0.3, -0.25) is 19.4 Å². The molecule has 0 saturated heterocycles. The van der Waals surface area contributed by atoms with Crippen LogP contribution in [-0.4, -0.2) is 61.7 Å². The predicted molar refractivity (Wildman–Crippen MR) is 125 cm³/mol. The first-order valence-electron chi connectivity index (χ1n) is 11.6. The number of benzene rings is 1. The summed E-state index contributed by atoms with van der Waals surface area (Å²) in [6, 6.07) is 7.04. The van der Waals surface area contributed by atoms with Crippen molar-refractivity contribution in [2.75, 3.05) is 7.11 Å². The van der Waals surface area contributed by atoms with E-state index in [1.807, 2.05) is 0 Å². The van der Waals surface area contributed by atoms with Crippen LogP contribution in [0.15, 0.2) is 41.8 Å². The number of primary amides is 1. The van der Waals surface area contributed by atoms with E-state index in [1.54, 1.807) is 30.5 Å². The van der Waals surface area contributed by atoms with Crippen molar-refractivity contribution in [1.82, 2.24) is 4.98 Å². The van der Waals surface area contributed by atoms with Gasteiger partial charge in [-0.2, -0.15) is 0 Å². The standard InChI is InChI=1S/C26H26N2O8/c1-36-10-12-8-14(16-4-2-3-5-28-16)15-7-11-6-13-9-17(29)20(25(27)34)24(33)26(13,35)23(32)18(11)22(31)19(15)21(12)30/h2-5,8,11,13,17,20,29-30,32,35H,6-7,9-10H2,1H3,(H2,27,34)/t11-,13+,17?,20?,26+/m1/s1. The van der Waals surface area contributed by atoms with Crippen molar-refractivity contribution in [2.45, 2.75) is 37.6 Å². The van der Waals surface area contributed by atoms with Crippen LogP contribution in [0.1, 0.15) is 34.3 Å². The number of aliphatic hydroxyl groups excluding tert-OH is 2. The molecule has 5 rings (SSSR count). The second-order valence-electron chi connectivity index (χ2n) is 9.67. The monoisotopic (exact) mass is 494 g/mol. The Morgan fingerprint density at radius 3 is 2.64 bits per heavy atom. The minimum atomic E-state index is -2.54. The fourth-order valence-electron chi connectivity index (χ4n) is 6.07. The van der Waals surface area contributed by atoms with E-state index in [2.05, 4.69) is 4.98 Å². The molecule has 1 aromatic heterocycles. The Morgan fingerprint density at radius 1 is 1.25 bits per heavy atom. The third-order valence-corrected chi connectivity index (χ3v) is 7.71. The highest BCUT2D eigenvalue weighted by atomic mass is 16.5. The number of nitrogens with two attached hydrogens (primary N) is 1. The van der Waals surface area contributed by atoms with E-state index in [4.69, 9.17) is 10.5 Å². The number of ether oxygens (including phenoxy) is 1. The lowest BCUT2D eigenvalue weighted by Gasteiger charge is -2.48. The van der Waals surface area contributed by atoms with E-state index in [9.17, 15) is 34.8 Å². The molecule has 0 spiro atoms. The van der Waals surface area contributed by atoms with Crippen molar-refractivity contribution in [2.24, 2.45) is 23.5 Å². The first kappa shape index (κ1) is 24.1. The molecule has 5 atom stereocenters. The van der Waals surface area contributed by atoms with Crippen molar-refractivity contribution >= 4 is 17.5 Å². The average molecular weight is 495 g/mol. The Hall–Kier alpha value is -3.60. The zero-order valence-corrected chi connectivity index (χ0v) is 19.5. The van der Waals surface area contributed by atoms with Crippen LogP contribution in [0, 0.1) is 17.8 Å². The smallest absolute Gasteiger partial charge is 0.230 e. The number of carbonyl (C=O) groups excluding carboxylic acids is 3. The molecule has 36 heavy (non-hydrogen) atoms. The molecule has 0 aliphatic heterocycles. The van der Waals surface area contributed by atoms with Crippen LogP contribution in [0.4, 0.5) is 0 Å². The van der Waals surface area contributed by atoms with Crippen LogP contribution in [0.2, 0.25) is 0 Å². The maximum atomic E-state index is 13.8. The lowest BCUT2D eigenvalue weighted by Crippen LogP contribution is -2.63. The molecule has 1 heterocycles. The Morgan fingerprint density at radius 2 is 2.00 bits per heavy atom. The Bertz CT molecular complexity index is 1320. The Kier molecular flexibility index (Phi) is 5.70. The second-order valence-corrected chi connectivity index (χ2v) is 9.67. The van der Waals surface area contributed by atoms with Gasteiger partial charge in [0.1, 0.15) is 17.4 Å². The van der Waals surface area contributed by atoms with E-state index in [0.717, 1.165) is 0 Å². The van der Waals surface area contributed by atoms with Gasteiger partial charge in [0, 0.05) is 35.9 Å². The van der Waals surface area contributed by atoms with Crippen LogP contribution in [-0.2, 0) is 27.4 Å². The summed E-state index contributed by atoms with van der Waals surface area (Å²) in [6.07, 6.45) is 0.347. The number of carbonyl (C=O) groups is 3. The summed E-state index contributed by atoms with van der Waals surface area (Å²) in [4.78, 5) is 43.2. The van der Waals surface area contributed by atoms with E-state index in [0.29, 0.717) is 22.4 Å². The molecule has 3 aliphatic rings. The van der Waals surface area contributed by atoms with E-state index in [1.165, 1.54) is 7.11 Å². The van der Waals surface area contributed by atoms with Crippen molar-refractivity contribution in [3.63, 3.8) is 0 Å². The highest BCUT2D eigenvalue weighted by molar-refractivity contribution is 6.16. The molecular weight excluding hydrogens is 468 g/mol. The van der Waals surface area contributed by atoms with Gasteiger partial charge in [-0.1, -0.05) is 6.07 Å². The quantitative estimate of drug-likeness (QED) is 0.387. The van der Waals surface area contributed by atoms with Crippen LogP contribution in [0.5, 0.6) is 5.75 Å². The first-order valence-corrected chi connectivity index (χ1v) is 11.6. The molecular formula is C26H26N2O8. The number of pyridine rings is 1. The maximum absolute atomic E-state index is 13.8. The molecule has 3 aliphatic carbocycles. The molecule has 1 fully saturated rings. The molecule has 188 valence electrons. The van der Waals surface area contributed by atoms with Crippen molar-refractivity contribution in [3.8, 4) is 17.0 Å². The number of Topliss-reactive ketones (excluding diaryl/α,β-unsaturated/α-hetero) is 2. The number of allylic oxidation sites excluding steroid dienone is 1. The van der Waals surface area contributed by atoms with E-state index < -0.39 is 52.7 Å². The van der Waals surface area contributed by atoms with Gasteiger partial charge in [0.05, 0.1) is 24.0 Å². The largest absolute Gasteiger partial charge is 0.508 e. The summed E-state index contributed by atoms with van der Waals surface area (Å²) >= 11 is 0. The molecule has 1 saturated carbocycles. The third kappa shape index (κ3) is 3.29. The van der Waals surface area contributed by atoms with Crippen molar-refractivity contribution in [3.05, 3.63) is 58.5 Å². The SMILES string of the molecule is COCc1cc(-c2ccccn2)c2c(c1O)C(=O)C1=C(O)[C@]3(O)C(=O)C(C(N)=O)C(O)C[C@@H]3C[C@@H]1C2. The lowest BCUT2D eigenvalue weighted by molar-refractivity contribution is -0.167. The molecule has 0 bridgehead atoms. The Labute approximate surface area is 206 Å². The predicted octanol–water partition coefficient (Wildman–Crippen LogP) is 0.954.